The van der Waals surface area contributed by atoms with Crippen LogP contribution >= 0.6 is 22.7 Å². The van der Waals surface area contributed by atoms with E-state index < -0.39 is 16.0 Å². The molecular weight excluding hydrogens is 486 g/mol. The molecule has 4 rings (SSSR count). The van der Waals surface area contributed by atoms with Gasteiger partial charge in [-0.3, -0.25) is 4.72 Å². The minimum absolute atomic E-state index is 0.101. The number of hydrogen-bond acceptors (Lipinski definition) is 11. The monoisotopic (exact) mass is 505 g/mol. The van der Waals surface area contributed by atoms with Gasteiger partial charge in [-0.05, 0) is 36.8 Å². The first-order chi connectivity index (χ1) is 15.9. The predicted octanol–water partition coefficient (Wildman–Crippen LogP) is 3.80. The number of fused-ring (bicyclic) bond motifs is 1. The standard InChI is InChI=1S/C20H19N5O5S3/c1-12-15-17(22-11-23-18(15)32-16(12)19(26)30-9-8-29-2)24-13-3-5-14(6-4-13)33(27,28)25-20-21-7-10-31-20/h3-7,10-11H,8-9H2,1-2H3,(H,21,25)(H,22,23,24). The number of thiophene rings is 1. The summed E-state index contributed by atoms with van der Waals surface area (Å²) in [5.74, 6) is 0.0574. The molecule has 0 saturated heterocycles. The number of hydrogen-bond donors (Lipinski definition) is 2. The molecule has 0 amide bonds. The van der Waals surface area contributed by atoms with Crippen molar-refractivity contribution in [1.82, 2.24) is 15.0 Å². The highest BCUT2D eigenvalue weighted by atomic mass is 32.2. The van der Waals surface area contributed by atoms with Crippen LogP contribution in [-0.2, 0) is 19.5 Å². The number of esters is 1. The second-order valence-corrected chi connectivity index (χ2v) is 10.3. The average Bonchev–Trinajstić information content (AvgIpc) is 3.42. The van der Waals surface area contributed by atoms with Crippen LogP contribution in [0.3, 0.4) is 0 Å². The summed E-state index contributed by atoms with van der Waals surface area (Å²) < 4.78 is 37.6. The molecule has 0 spiro atoms. The number of carbonyl (C=O) groups is 1. The Morgan fingerprint density at radius 2 is 1.91 bits per heavy atom. The molecule has 33 heavy (non-hydrogen) atoms. The minimum atomic E-state index is -3.74. The van der Waals surface area contributed by atoms with Crippen molar-refractivity contribution in [2.45, 2.75) is 11.8 Å². The third-order valence-electron chi connectivity index (χ3n) is 4.51. The van der Waals surface area contributed by atoms with Gasteiger partial charge in [0, 0.05) is 24.4 Å². The second-order valence-electron chi connectivity index (χ2n) is 6.68. The number of anilines is 3. The van der Waals surface area contributed by atoms with E-state index in [9.17, 15) is 13.2 Å². The molecule has 0 aliphatic carbocycles. The van der Waals surface area contributed by atoms with E-state index in [1.807, 2.05) is 0 Å². The number of nitrogens with zero attached hydrogens (tertiary/aromatic N) is 3. The van der Waals surface area contributed by atoms with E-state index in [0.29, 0.717) is 43.9 Å². The normalized spacial score (nSPS) is 11.5. The summed E-state index contributed by atoms with van der Waals surface area (Å²) in [7, 11) is -2.21. The van der Waals surface area contributed by atoms with Crippen LogP contribution in [0.25, 0.3) is 10.2 Å². The lowest BCUT2D eigenvalue weighted by atomic mass is 10.2. The molecule has 0 atom stereocenters. The molecule has 2 N–H and O–H groups in total. The Kier molecular flexibility index (Phi) is 6.83. The van der Waals surface area contributed by atoms with Crippen molar-refractivity contribution < 1.29 is 22.7 Å². The predicted molar refractivity (Wildman–Crippen MR) is 127 cm³/mol. The molecule has 0 radical (unpaired) electrons. The van der Waals surface area contributed by atoms with Crippen LogP contribution < -0.4 is 10.0 Å². The molecule has 10 nitrogen and oxygen atoms in total. The number of methoxy groups -OCH3 is 1. The Balaban J connectivity index is 1.56. The zero-order valence-electron chi connectivity index (χ0n) is 17.6. The van der Waals surface area contributed by atoms with Gasteiger partial charge in [0.1, 0.15) is 28.5 Å². The third-order valence-corrected chi connectivity index (χ3v) is 7.87. The first-order valence-corrected chi connectivity index (χ1v) is 12.8. The Morgan fingerprint density at radius 1 is 1.12 bits per heavy atom. The molecule has 172 valence electrons. The Labute approximate surface area is 197 Å². The minimum Gasteiger partial charge on any atom is -0.459 e. The first-order valence-electron chi connectivity index (χ1n) is 9.58. The number of thiazole rings is 1. The van der Waals surface area contributed by atoms with Gasteiger partial charge in [0.2, 0.25) is 0 Å². The molecule has 0 aliphatic heterocycles. The van der Waals surface area contributed by atoms with Gasteiger partial charge in [0.25, 0.3) is 10.0 Å². The summed E-state index contributed by atoms with van der Waals surface area (Å²) in [6, 6.07) is 6.23. The summed E-state index contributed by atoms with van der Waals surface area (Å²) in [6.07, 6.45) is 2.92. The highest BCUT2D eigenvalue weighted by Gasteiger charge is 2.21. The maximum Gasteiger partial charge on any atom is 0.348 e. The van der Waals surface area contributed by atoms with Gasteiger partial charge >= 0.3 is 5.97 Å². The van der Waals surface area contributed by atoms with Gasteiger partial charge in [0.05, 0.1) is 16.9 Å². The fraction of sp³-hybridized carbons (Fsp3) is 0.200. The highest BCUT2D eigenvalue weighted by molar-refractivity contribution is 7.93. The van der Waals surface area contributed by atoms with Crippen molar-refractivity contribution in [3.63, 3.8) is 0 Å². The van der Waals surface area contributed by atoms with E-state index >= 15 is 0 Å². The van der Waals surface area contributed by atoms with Gasteiger partial charge in [0.15, 0.2) is 5.13 Å². The smallest absolute Gasteiger partial charge is 0.348 e. The number of aryl methyl sites for hydroxylation is 1. The van der Waals surface area contributed by atoms with E-state index in [2.05, 4.69) is 25.0 Å². The lowest BCUT2D eigenvalue weighted by molar-refractivity contribution is 0.0393. The van der Waals surface area contributed by atoms with Crippen LogP contribution in [0.2, 0.25) is 0 Å². The number of ether oxygens (including phenoxy) is 2. The van der Waals surface area contributed by atoms with Crippen LogP contribution in [0, 0.1) is 6.92 Å². The van der Waals surface area contributed by atoms with Crippen molar-refractivity contribution in [3.05, 3.63) is 52.6 Å². The van der Waals surface area contributed by atoms with Crippen molar-refractivity contribution in [2.75, 3.05) is 30.4 Å². The zero-order chi connectivity index (χ0) is 23.4. The average molecular weight is 506 g/mol. The van der Waals surface area contributed by atoms with E-state index in [4.69, 9.17) is 9.47 Å². The SMILES string of the molecule is COCCOC(=O)c1sc2ncnc(Nc3ccc(S(=O)(=O)Nc4nccs4)cc3)c2c1C. The molecule has 3 heterocycles. The number of rotatable bonds is 9. The summed E-state index contributed by atoms with van der Waals surface area (Å²) in [5, 5.41) is 5.85. The Morgan fingerprint density at radius 3 is 2.61 bits per heavy atom. The number of benzene rings is 1. The summed E-state index contributed by atoms with van der Waals surface area (Å²) in [5.41, 5.74) is 1.32. The maximum absolute atomic E-state index is 12.5. The fourth-order valence-electron chi connectivity index (χ4n) is 2.95. The molecule has 0 fully saturated rings. The second kappa shape index (κ2) is 9.79. The molecule has 0 saturated carbocycles. The molecule has 4 aromatic rings. The molecule has 0 aliphatic rings. The van der Waals surface area contributed by atoms with Gasteiger partial charge in [-0.2, -0.15) is 0 Å². The first kappa shape index (κ1) is 23.0. The van der Waals surface area contributed by atoms with E-state index in [-0.39, 0.29) is 11.5 Å². The maximum atomic E-state index is 12.5. The van der Waals surface area contributed by atoms with Crippen LogP contribution in [0.15, 0.2) is 47.1 Å². The molecule has 3 aromatic heterocycles. The van der Waals surface area contributed by atoms with Gasteiger partial charge in [-0.1, -0.05) is 0 Å². The quantitative estimate of drug-likeness (QED) is 0.257. The fourth-order valence-corrected chi connectivity index (χ4v) is 5.78. The number of carbonyl (C=O) groups excluding carboxylic acids is 1. The number of sulfonamides is 1. The topological polar surface area (TPSA) is 132 Å². The number of aromatic nitrogens is 3. The van der Waals surface area contributed by atoms with Crippen molar-refractivity contribution in [2.24, 2.45) is 0 Å². The van der Waals surface area contributed by atoms with Gasteiger partial charge in [-0.25, -0.2) is 28.2 Å². The third kappa shape index (κ3) is 5.11. The summed E-state index contributed by atoms with van der Waals surface area (Å²) in [4.78, 5) is 26.1. The molecule has 13 heteroatoms. The molecule has 0 bridgehead atoms. The van der Waals surface area contributed by atoms with Crippen molar-refractivity contribution in [3.8, 4) is 0 Å². The van der Waals surface area contributed by atoms with E-state index in [1.165, 1.54) is 54.4 Å². The van der Waals surface area contributed by atoms with E-state index in [1.54, 1.807) is 24.4 Å². The van der Waals surface area contributed by atoms with E-state index in [0.717, 1.165) is 0 Å². The Bertz CT molecular complexity index is 1370. The largest absolute Gasteiger partial charge is 0.459 e. The Hall–Kier alpha value is -3.13. The molecule has 1 aromatic carbocycles. The lowest BCUT2D eigenvalue weighted by Crippen LogP contribution is -2.12. The molecular formula is C20H19N5O5S3. The summed E-state index contributed by atoms with van der Waals surface area (Å²) in [6.45, 7) is 2.28. The van der Waals surface area contributed by atoms with Gasteiger partial charge in [-0.15, -0.1) is 22.7 Å². The van der Waals surface area contributed by atoms with Crippen molar-refractivity contribution >= 4 is 65.5 Å². The van der Waals surface area contributed by atoms with Crippen LogP contribution in [-0.4, -0.2) is 49.7 Å². The summed E-state index contributed by atoms with van der Waals surface area (Å²) >= 11 is 2.42. The lowest BCUT2D eigenvalue weighted by Gasteiger charge is -2.09. The van der Waals surface area contributed by atoms with Crippen LogP contribution in [0.5, 0.6) is 0 Å². The zero-order valence-corrected chi connectivity index (χ0v) is 20.0. The van der Waals surface area contributed by atoms with Crippen molar-refractivity contribution in [1.29, 1.82) is 0 Å². The highest BCUT2D eigenvalue weighted by Crippen LogP contribution is 2.35. The van der Waals surface area contributed by atoms with Gasteiger partial charge < -0.3 is 14.8 Å². The van der Waals surface area contributed by atoms with Crippen LogP contribution in [0.1, 0.15) is 15.2 Å². The number of nitrogens with one attached hydrogen (secondary N) is 2. The van der Waals surface area contributed by atoms with Crippen LogP contribution in [0.4, 0.5) is 16.6 Å². The molecule has 0 unspecified atom stereocenters.